The summed E-state index contributed by atoms with van der Waals surface area (Å²) in [7, 11) is 0. The van der Waals surface area contributed by atoms with Gasteiger partial charge in [0.15, 0.2) is 0 Å². The van der Waals surface area contributed by atoms with Crippen molar-refractivity contribution in [1.82, 2.24) is 4.90 Å². The van der Waals surface area contributed by atoms with Crippen molar-refractivity contribution in [3.05, 3.63) is 29.8 Å². The third-order valence-electron chi connectivity index (χ3n) is 3.34. The van der Waals surface area contributed by atoms with Gasteiger partial charge in [0.25, 0.3) is 0 Å². The Bertz CT molecular complexity index is 414. The van der Waals surface area contributed by atoms with E-state index in [4.69, 9.17) is 9.84 Å². The van der Waals surface area contributed by atoms with Crippen molar-refractivity contribution in [3.8, 4) is 5.75 Å². The van der Waals surface area contributed by atoms with E-state index in [9.17, 15) is 4.79 Å². The molecule has 2 rings (SSSR count). The minimum atomic E-state index is -0.814. The summed E-state index contributed by atoms with van der Waals surface area (Å²) in [4.78, 5) is 13.1. The largest absolute Gasteiger partial charge is 0.494 e. The molecule has 0 bridgehead atoms. The maximum atomic E-state index is 10.6. The van der Waals surface area contributed by atoms with E-state index in [1.807, 2.05) is 24.3 Å². The number of aliphatic carboxylic acids is 1. The van der Waals surface area contributed by atoms with Crippen LogP contribution in [0.15, 0.2) is 24.3 Å². The first-order valence-corrected chi connectivity index (χ1v) is 6.90. The highest BCUT2D eigenvalue weighted by atomic mass is 16.5. The molecule has 0 amide bonds. The molecule has 1 N–H and O–H groups in total. The van der Waals surface area contributed by atoms with E-state index in [1.54, 1.807) is 0 Å². The first-order chi connectivity index (χ1) is 9.24. The third kappa shape index (κ3) is 4.91. The van der Waals surface area contributed by atoms with Gasteiger partial charge in [-0.3, -0.25) is 4.79 Å². The van der Waals surface area contributed by atoms with Crippen LogP contribution in [0.1, 0.15) is 24.8 Å². The van der Waals surface area contributed by atoms with Crippen LogP contribution in [0.2, 0.25) is 0 Å². The Kier molecular flexibility index (Phi) is 5.21. The predicted octanol–water partition coefficient (Wildman–Crippen LogP) is 2.18. The average molecular weight is 263 g/mol. The maximum absolute atomic E-state index is 10.6. The van der Waals surface area contributed by atoms with E-state index in [1.165, 1.54) is 25.9 Å². The summed E-state index contributed by atoms with van der Waals surface area (Å²) in [6, 6.07) is 7.34. The molecule has 4 nitrogen and oxygen atoms in total. The van der Waals surface area contributed by atoms with E-state index in [0.717, 1.165) is 24.3 Å². The van der Waals surface area contributed by atoms with Crippen molar-refractivity contribution in [2.24, 2.45) is 0 Å². The van der Waals surface area contributed by atoms with Crippen molar-refractivity contribution in [2.75, 3.05) is 26.2 Å². The van der Waals surface area contributed by atoms with Gasteiger partial charge >= 0.3 is 5.97 Å². The first-order valence-electron chi connectivity index (χ1n) is 6.90. The van der Waals surface area contributed by atoms with Gasteiger partial charge in [0, 0.05) is 6.54 Å². The number of carboxylic acids is 1. The summed E-state index contributed by atoms with van der Waals surface area (Å²) in [5, 5.41) is 8.75. The fourth-order valence-electron chi connectivity index (χ4n) is 2.40. The lowest BCUT2D eigenvalue weighted by Crippen LogP contribution is -2.21. The van der Waals surface area contributed by atoms with E-state index in [2.05, 4.69) is 4.90 Å². The molecule has 1 aliphatic heterocycles. The molecular formula is C15H21NO3. The van der Waals surface area contributed by atoms with Crippen molar-refractivity contribution in [2.45, 2.75) is 25.7 Å². The molecule has 1 saturated heterocycles. The number of hydrogen-bond acceptors (Lipinski definition) is 3. The summed E-state index contributed by atoms with van der Waals surface area (Å²) in [6.45, 7) is 4.21. The molecule has 4 heteroatoms. The summed E-state index contributed by atoms with van der Waals surface area (Å²) >= 11 is 0. The third-order valence-corrected chi connectivity index (χ3v) is 3.34. The van der Waals surface area contributed by atoms with Crippen LogP contribution in [-0.4, -0.2) is 42.2 Å². The Morgan fingerprint density at radius 3 is 2.84 bits per heavy atom. The number of nitrogens with zero attached hydrogens (tertiary/aromatic N) is 1. The van der Waals surface area contributed by atoms with Gasteiger partial charge in [0.05, 0.1) is 13.0 Å². The van der Waals surface area contributed by atoms with Gasteiger partial charge in [-0.1, -0.05) is 12.1 Å². The van der Waals surface area contributed by atoms with Gasteiger partial charge in [-0.25, -0.2) is 0 Å². The van der Waals surface area contributed by atoms with Crippen LogP contribution in [0.5, 0.6) is 5.75 Å². The van der Waals surface area contributed by atoms with Crippen molar-refractivity contribution >= 4 is 5.97 Å². The number of hydrogen-bond donors (Lipinski definition) is 1. The van der Waals surface area contributed by atoms with Crippen LogP contribution in [0.25, 0.3) is 0 Å². The Morgan fingerprint density at radius 2 is 2.11 bits per heavy atom. The monoisotopic (exact) mass is 263 g/mol. The zero-order chi connectivity index (χ0) is 13.5. The number of likely N-dealkylation sites (tertiary alicyclic amines) is 1. The second kappa shape index (κ2) is 7.14. The van der Waals surface area contributed by atoms with E-state index in [0.29, 0.717) is 6.61 Å². The van der Waals surface area contributed by atoms with Crippen LogP contribution in [0, 0.1) is 0 Å². The van der Waals surface area contributed by atoms with Gasteiger partial charge in [0.1, 0.15) is 5.75 Å². The van der Waals surface area contributed by atoms with Crippen LogP contribution in [0.4, 0.5) is 0 Å². The molecule has 1 fully saturated rings. The highest BCUT2D eigenvalue weighted by Gasteiger charge is 2.10. The minimum absolute atomic E-state index is 0.0466. The van der Waals surface area contributed by atoms with Crippen LogP contribution >= 0.6 is 0 Å². The van der Waals surface area contributed by atoms with Crippen LogP contribution < -0.4 is 4.74 Å². The molecular weight excluding hydrogens is 242 g/mol. The Labute approximate surface area is 114 Å². The second-order valence-electron chi connectivity index (χ2n) is 4.97. The lowest BCUT2D eigenvalue weighted by atomic mass is 10.1. The van der Waals surface area contributed by atoms with Gasteiger partial charge in [-0.15, -0.1) is 0 Å². The standard InChI is InChI=1S/C15H21NO3/c17-15(18)12-13-5-3-6-14(11-13)19-10-4-9-16-7-1-2-8-16/h3,5-6,11H,1-2,4,7-10,12H2,(H,17,18). The molecule has 1 aliphatic rings. The summed E-state index contributed by atoms with van der Waals surface area (Å²) in [6.07, 6.45) is 3.70. The molecule has 19 heavy (non-hydrogen) atoms. The SMILES string of the molecule is O=C(O)Cc1cccc(OCCCN2CCCC2)c1. The minimum Gasteiger partial charge on any atom is -0.494 e. The van der Waals surface area contributed by atoms with E-state index in [-0.39, 0.29) is 6.42 Å². The molecule has 1 aromatic rings. The number of benzene rings is 1. The summed E-state index contributed by atoms with van der Waals surface area (Å²) in [5.74, 6) is -0.0497. The highest BCUT2D eigenvalue weighted by Crippen LogP contribution is 2.14. The highest BCUT2D eigenvalue weighted by molar-refractivity contribution is 5.70. The second-order valence-corrected chi connectivity index (χ2v) is 4.97. The number of carboxylic acid groups (broad SMARTS) is 1. The quantitative estimate of drug-likeness (QED) is 0.766. The molecule has 0 aromatic heterocycles. The number of rotatable bonds is 7. The Hall–Kier alpha value is -1.55. The predicted molar refractivity (Wildman–Crippen MR) is 73.6 cm³/mol. The zero-order valence-electron chi connectivity index (χ0n) is 11.2. The Morgan fingerprint density at radius 1 is 1.32 bits per heavy atom. The summed E-state index contributed by atoms with van der Waals surface area (Å²) < 4.78 is 5.67. The fourth-order valence-corrected chi connectivity index (χ4v) is 2.40. The smallest absolute Gasteiger partial charge is 0.307 e. The topological polar surface area (TPSA) is 49.8 Å². The van der Waals surface area contributed by atoms with Crippen molar-refractivity contribution < 1.29 is 14.6 Å². The van der Waals surface area contributed by atoms with Crippen LogP contribution in [-0.2, 0) is 11.2 Å². The molecule has 1 aromatic carbocycles. The number of ether oxygens (including phenoxy) is 1. The lowest BCUT2D eigenvalue weighted by Gasteiger charge is -2.14. The molecule has 0 spiro atoms. The normalized spacial score (nSPS) is 15.6. The van der Waals surface area contributed by atoms with Gasteiger partial charge in [-0.05, 0) is 50.0 Å². The molecule has 0 unspecified atom stereocenters. The first kappa shape index (κ1) is 13.9. The fraction of sp³-hybridized carbons (Fsp3) is 0.533. The number of carbonyl (C=O) groups is 1. The van der Waals surface area contributed by atoms with Gasteiger partial charge < -0.3 is 14.7 Å². The van der Waals surface area contributed by atoms with E-state index < -0.39 is 5.97 Å². The lowest BCUT2D eigenvalue weighted by molar-refractivity contribution is -0.136. The Balaban J connectivity index is 1.71. The molecule has 0 radical (unpaired) electrons. The molecule has 104 valence electrons. The zero-order valence-corrected chi connectivity index (χ0v) is 11.2. The molecule has 0 saturated carbocycles. The van der Waals surface area contributed by atoms with Crippen molar-refractivity contribution in [1.29, 1.82) is 0 Å². The average Bonchev–Trinajstić information content (AvgIpc) is 2.87. The molecule has 1 heterocycles. The van der Waals surface area contributed by atoms with Gasteiger partial charge in [0.2, 0.25) is 0 Å². The maximum Gasteiger partial charge on any atom is 0.307 e. The van der Waals surface area contributed by atoms with Gasteiger partial charge in [-0.2, -0.15) is 0 Å². The summed E-state index contributed by atoms with van der Waals surface area (Å²) in [5.41, 5.74) is 0.782. The van der Waals surface area contributed by atoms with Crippen molar-refractivity contribution in [3.63, 3.8) is 0 Å². The molecule has 0 atom stereocenters. The molecule has 0 aliphatic carbocycles. The van der Waals surface area contributed by atoms with E-state index >= 15 is 0 Å². The van der Waals surface area contributed by atoms with Crippen LogP contribution in [0.3, 0.4) is 0 Å².